The molecular formula is C14H22N2O2. The van der Waals surface area contributed by atoms with Gasteiger partial charge in [0.25, 0.3) is 0 Å². The quantitative estimate of drug-likeness (QED) is 0.769. The number of nitrogens with one attached hydrogen (secondary N) is 1. The molecule has 4 nitrogen and oxygen atoms in total. The smallest absolute Gasteiger partial charge is 0.242 e. The van der Waals surface area contributed by atoms with Crippen LogP contribution in [0.4, 0.5) is 0 Å². The standard InChI is InChI=1S/C14H22N2O2/c1-11(2)18-10-9-14(16-3,13(15)17)12-7-5-4-6-8-12/h4-8,11,16H,9-10H2,1-3H3,(H2,15,17). The largest absolute Gasteiger partial charge is 0.379 e. The van der Waals surface area contributed by atoms with Crippen LogP contribution in [0.1, 0.15) is 25.8 Å². The maximum atomic E-state index is 11.8. The van der Waals surface area contributed by atoms with Gasteiger partial charge in [-0.2, -0.15) is 0 Å². The zero-order chi connectivity index (χ0) is 13.6. The summed E-state index contributed by atoms with van der Waals surface area (Å²) in [5, 5.41) is 3.05. The minimum atomic E-state index is -0.865. The first-order valence-corrected chi connectivity index (χ1v) is 6.19. The van der Waals surface area contributed by atoms with Crippen molar-refractivity contribution in [3.8, 4) is 0 Å². The Morgan fingerprint density at radius 2 is 2.00 bits per heavy atom. The molecule has 0 heterocycles. The summed E-state index contributed by atoms with van der Waals surface area (Å²) in [4.78, 5) is 11.8. The van der Waals surface area contributed by atoms with Gasteiger partial charge in [-0.05, 0) is 26.5 Å². The van der Waals surface area contributed by atoms with Gasteiger partial charge in [0.05, 0.1) is 6.10 Å². The molecule has 0 radical (unpaired) electrons. The highest BCUT2D eigenvalue weighted by Gasteiger charge is 2.36. The molecule has 4 heteroatoms. The molecule has 1 amide bonds. The van der Waals surface area contributed by atoms with Crippen LogP contribution in [0.3, 0.4) is 0 Å². The number of ether oxygens (including phenoxy) is 1. The number of hydrogen-bond donors (Lipinski definition) is 2. The van der Waals surface area contributed by atoms with E-state index in [1.54, 1.807) is 7.05 Å². The lowest BCUT2D eigenvalue weighted by molar-refractivity contribution is -0.125. The first-order chi connectivity index (χ1) is 8.53. The van der Waals surface area contributed by atoms with Gasteiger partial charge < -0.3 is 15.8 Å². The molecule has 0 aliphatic carbocycles. The van der Waals surface area contributed by atoms with Crippen molar-refractivity contribution >= 4 is 5.91 Å². The van der Waals surface area contributed by atoms with E-state index in [0.717, 1.165) is 5.56 Å². The molecule has 0 saturated heterocycles. The molecule has 0 aromatic heterocycles. The summed E-state index contributed by atoms with van der Waals surface area (Å²) in [6, 6.07) is 9.50. The Hall–Kier alpha value is -1.39. The van der Waals surface area contributed by atoms with Crippen molar-refractivity contribution < 1.29 is 9.53 Å². The molecule has 100 valence electrons. The van der Waals surface area contributed by atoms with E-state index in [1.165, 1.54) is 0 Å². The van der Waals surface area contributed by atoms with Crippen molar-refractivity contribution in [1.82, 2.24) is 5.32 Å². The lowest BCUT2D eigenvalue weighted by atomic mass is 9.86. The molecule has 0 saturated carbocycles. The number of hydrogen-bond acceptors (Lipinski definition) is 3. The summed E-state index contributed by atoms with van der Waals surface area (Å²) in [5.74, 6) is -0.386. The number of likely N-dealkylation sites (N-methyl/N-ethyl adjacent to an activating group) is 1. The van der Waals surface area contributed by atoms with E-state index in [0.29, 0.717) is 13.0 Å². The third-order valence-electron chi connectivity index (χ3n) is 3.04. The van der Waals surface area contributed by atoms with Crippen molar-refractivity contribution in [3.05, 3.63) is 35.9 Å². The number of amides is 1. The number of benzene rings is 1. The zero-order valence-corrected chi connectivity index (χ0v) is 11.3. The van der Waals surface area contributed by atoms with Gasteiger partial charge in [-0.15, -0.1) is 0 Å². The van der Waals surface area contributed by atoms with Gasteiger partial charge in [0.1, 0.15) is 5.54 Å². The van der Waals surface area contributed by atoms with Crippen LogP contribution in [0, 0.1) is 0 Å². The van der Waals surface area contributed by atoms with Gasteiger partial charge in [-0.25, -0.2) is 0 Å². The second-order valence-electron chi connectivity index (χ2n) is 4.56. The highest BCUT2D eigenvalue weighted by molar-refractivity contribution is 5.86. The summed E-state index contributed by atoms with van der Waals surface area (Å²) in [6.07, 6.45) is 0.657. The minimum Gasteiger partial charge on any atom is -0.379 e. The van der Waals surface area contributed by atoms with E-state index in [2.05, 4.69) is 5.32 Å². The molecule has 0 aliphatic rings. The molecule has 1 aromatic carbocycles. The Morgan fingerprint density at radius 3 is 2.44 bits per heavy atom. The van der Waals surface area contributed by atoms with Gasteiger partial charge in [-0.1, -0.05) is 30.3 Å². The number of carbonyl (C=O) groups is 1. The molecule has 1 unspecified atom stereocenters. The topological polar surface area (TPSA) is 64.3 Å². The van der Waals surface area contributed by atoms with Gasteiger partial charge in [0.15, 0.2) is 0 Å². The summed E-state index contributed by atoms with van der Waals surface area (Å²) < 4.78 is 5.52. The molecule has 3 N–H and O–H groups in total. The van der Waals surface area contributed by atoms with Crippen molar-refractivity contribution in [3.63, 3.8) is 0 Å². The predicted molar refractivity (Wildman–Crippen MR) is 72.1 cm³/mol. The molecule has 0 bridgehead atoms. The van der Waals surface area contributed by atoms with Crippen LogP contribution in [0.25, 0.3) is 0 Å². The zero-order valence-electron chi connectivity index (χ0n) is 11.3. The fourth-order valence-electron chi connectivity index (χ4n) is 1.97. The highest BCUT2D eigenvalue weighted by atomic mass is 16.5. The Morgan fingerprint density at radius 1 is 1.39 bits per heavy atom. The molecule has 18 heavy (non-hydrogen) atoms. The van der Waals surface area contributed by atoms with Gasteiger partial charge in [-0.3, -0.25) is 4.79 Å². The third kappa shape index (κ3) is 3.31. The Bertz CT molecular complexity index is 379. The molecule has 0 spiro atoms. The van der Waals surface area contributed by atoms with E-state index in [-0.39, 0.29) is 12.0 Å². The number of primary amides is 1. The fraction of sp³-hybridized carbons (Fsp3) is 0.500. The first-order valence-electron chi connectivity index (χ1n) is 6.19. The highest BCUT2D eigenvalue weighted by Crippen LogP contribution is 2.24. The van der Waals surface area contributed by atoms with Crippen LogP contribution in [0.5, 0.6) is 0 Å². The van der Waals surface area contributed by atoms with E-state index in [9.17, 15) is 4.79 Å². The average molecular weight is 250 g/mol. The Labute approximate surface area is 109 Å². The minimum absolute atomic E-state index is 0.142. The van der Waals surface area contributed by atoms with E-state index < -0.39 is 5.54 Å². The van der Waals surface area contributed by atoms with Gasteiger partial charge in [0.2, 0.25) is 5.91 Å². The normalized spacial score (nSPS) is 14.4. The van der Waals surface area contributed by atoms with Crippen molar-refractivity contribution in [1.29, 1.82) is 0 Å². The number of nitrogens with two attached hydrogens (primary N) is 1. The third-order valence-corrected chi connectivity index (χ3v) is 3.04. The van der Waals surface area contributed by atoms with Crippen molar-refractivity contribution in [2.24, 2.45) is 5.73 Å². The first kappa shape index (κ1) is 14.7. The fourth-order valence-corrected chi connectivity index (χ4v) is 1.97. The van der Waals surface area contributed by atoms with Crippen LogP contribution in [-0.4, -0.2) is 25.7 Å². The van der Waals surface area contributed by atoms with Gasteiger partial charge in [0, 0.05) is 13.0 Å². The second kappa shape index (κ2) is 6.52. The van der Waals surface area contributed by atoms with E-state index in [4.69, 9.17) is 10.5 Å². The molecular weight excluding hydrogens is 228 g/mol. The van der Waals surface area contributed by atoms with E-state index in [1.807, 2.05) is 44.2 Å². The van der Waals surface area contributed by atoms with Crippen molar-refractivity contribution in [2.45, 2.75) is 31.9 Å². The summed E-state index contributed by atoms with van der Waals surface area (Å²) in [7, 11) is 1.74. The molecule has 0 fully saturated rings. The van der Waals surface area contributed by atoms with Crippen LogP contribution >= 0.6 is 0 Å². The number of carbonyl (C=O) groups excluding carboxylic acids is 1. The lowest BCUT2D eigenvalue weighted by Crippen LogP contribution is -2.52. The monoisotopic (exact) mass is 250 g/mol. The SMILES string of the molecule is CNC(CCOC(C)C)(C(N)=O)c1ccccc1. The summed E-state index contributed by atoms with van der Waals surface area (Å²) >= 11 is 0. The Kier molecular flexibility index (Phi) is 5.31. The van der Waals surface area contributed by atoms with Crippen LogP contribution in [0.2, 0.25) is 0 Å². The molecule has 1 atom stereocenters. The predicted octanol–water partition coefficient (Wildman–Crippen LogP) is 1.40. The van der Waals surface area contributed by atoms with Gasteiger partial charge >= 0.3 is 0 Å². The van der Waals surface area contributed by atoms with Crippen molar-refractivity contribution in [2.75, 3.05) is 13.7 Å². The maximum Gasteiger partial charge on any atom is 0.242 e. The van der Waals surface area contributed by atoms with E-state index >= 15 is 0 Å². The average Bonchev–Trinajstić information content (AvgIpc) is 2.35. The molecule has 1 aromatic rings. The maximum absolute atomic E-state index is 11.8. The van der Waals surface area contributed by atoms with Crippen LogP contribution < -0.4 is 11.1 Å². The van der Waals surface area contributed by atoms with Crippen LogP contribution in [0.15, 0.2) is 30.3 Å². The molecule has 0 aliphatic heterocycles. The Balaban J connectivity index is 2.92. The lowest BCUT2D eigenvalue weighted by Gasteiger charge is -2.31. The summed E-state index contributed by atoms with van der Waals surface area (Å²) in [6.45, 7) is 4.41. The second-order valence-corrected chi connectivity index (χ2v) is 4.56. The molecule has 1 rings (SSSR count). The van der Waals surface area contributed by atoms with Crippen LogP contribution in [-0.2, 0) is 15.1 Å². The number of rotatable bonds is 7. The summed E-state index contributed by atoms with van der Waals surface area (Å²) in [5.41, 5.74) is 5.58.